The van der Waals surface area contributed by atoms with Gasteiger partial charge < -0.3 is 16.4 Å². The number of hydrogen-bond acceptors (Lipinski definition) is 4. The van der Waals surface area contributed by atoms with Crippen molar-refractivity contribution in [3.63, 3.8) is 0 Å². The van der Waals surface area contributed by atoms with Crippen molar-refractivity contribution in [1.29, 1.82) is 0 Å². The Labute approximate surface area is 114 Å². The van der Waals surface area contributed by atoms with Gasteiger partial charge in [-0.15, -0.1) is 0 Å². The Kier molecular flexibility index (Phi) is 4.37. The SMILES string of the molecule is Cc1cc(C(N)=O)cc(N2CCC(CCN)CC2)n1. The Bertz CT molecular complexity index is 453. The Hall–Kier alpha value is -1.62. The van der Waals surface area contributed by atoms with Gasteiger partial charge in [0.15, 0.2) is 0 Å². The van der Waals surface area contributed by atoms with E-state index in [0.717, 1.165) is 56.3 Å². The minimum atomic E-state index is -0.398. The molecule has 0 radical (unpaired) electrons. The summed E-state index contributed by atoms with van der Waals surface area (Å²) in [5, 5.41) is 0. The minimum Gasteiger partial charge on any atom is -0.366 e. The van der Waals surface area contributed by atoms with Gasteiger partial charge in [-0.05, 0) is 50.8 Å². The number of carbonyl (C=O) groups excluding carboxylic acids is 1. The van der Waals surface area contributed by atoms with E-state index in [0.29, 0.717) is 5.56 Å². The second-order valence-electron chi connectivity index (χ2n) is 5.23. The van der Waals surface area contributed by atoms with E-state index in [9.17, 15) is 4.79 Å². The van der Waals surface area contributed by atoms with Crippen LogP contribution < -0.4 is 16.4 Å². The quantitative estimate of drug-likeness (QED) is 0.849. The van der Waals surface area contributed by atoms with E-state index in [4.69, 9.17) is 11.5 Å². The van der Waals surface area contributed by atoms with E-state index < -0.39 is 5.91 Å². The highest BCUT2D eigenvalue weighted by Crippen LogP contribution is 2.24. The number of carbonyl (C=O) groups is 1. The molecule has 2 rings (SSSR count). The van der Waals surface area contributed by atoms with Crippen molar-refractivity contribution in [3.05, 3.63) is 23.4 Å². The van der Waals surface area contributed by atoms with Gasteiger partial charge in [0.05, 0.1) is 0 Å². The zero-order valence-electron chi connectivity index (χ0n) is 11.4. The smallest absolute Gasteiger partial charge is 0.248 e. The molecule has 0 bridgehead atoms. The van der Waals surface area contributed by atoms with E-state index in [1.165, 1.54) is 0 Å². The summed E-state index contributed by atoms with van der Waals surface area (Å²) in [6.07, 6.45) is 3.37. The van der Waals surface area contributed by atoms with E-state index in [-0.39, 0.29) is 0 Å². The fraction of sp³-hybridized carbons (Fsp3) is 0.571. The fourth-order valence-electron chi connectivity index (χ4n) is 2.64. The van der Waals surface area contributed by atoms with Crippen LogP contribution in [0.25, 0.3) is 0 Å². The third-order valence-corrected chi connectivity index (χ3v) is 3.74. The standard InChI is InChI=1S/C14H22N4O/c1-10-8-12(14(16)19)9-13(17-10)18-6-3-11(2-5-15)4-7-18/h8-9,11H,2-7,15H2,1H3,(H2,16,19). The normalized spacial score (nSPS) is 16.6. The highest BCUT2D eigenvalue weighted by Gasteiger charge is 2.20. The number of anilines is 1. The van der Waals surface area contributed by atoms with E-state index in [1.54, 1.807) is 12.1 Å². The maximum absolute atomic E-state index is 11.3. The first-order valence-electron chi connectivity index (χ1n) is 6.83. The predicted molar refractivity (Wildman–Crippen MR) is 76.1 cm³/mol. The monoisotopic (exact) mass is 262 g/mol. The predicted octanol–water partition coefficient (Wildman–Crippen LogP) is 1.05. The third-order valence-electron chi connectivity index (χ3n) is 3.74. The Morgan fingerprint density at radius 1 is 1.42 bits per heavy atom. The fourth-order valence-corrected chi connectivity index (χ4v) is 2.64. The van der Waals surface area contributed by atoms with Crippen LogP contribution in [0.4, 0.5) is 5.82 Å². The molecule has 1 aliphatic heterocycles. The number of aryl methyl sites for hydroxylation is 1. The van der Waals surface area contributed by atoms with Crippen LogP contribution in [-0.2, 0) is 0 Å². The van der Waals surface area contributed by atoms with E-state index in [2.05, 4.69) is 9.88 Å². The van der Waals surface area contributed by atoms with Crippen LogP contribution in [0.1, 0.15) is 35.3 Å². The van der Waals surface area contributed by atoms with Gasteiger partial charge >= 0.3 is 0 Å². The van der Waals surface area contributed by atoms with Crippen LogP contribution in [0.3, 0.4) is 0 Å². The van der Waals surface area contributed by atoms with Crippen molar-refractivity contribution < 1.29 is 4.79 Å². The number of rotatable bonds is 4. The number of hydrogen-bond donors (Lipinski definition) is 2. The first-order valence-corrected chi connectivity index (χ1v) is 6.83. The summed E-state index contributed by atoms with van der Waals surface area (Å²) >= 11 is 0. The molecular formula is C14H22N4O. The van der Waals surface area contributed by atoms with Crippen molar-refractivity contribution >= 4 is 11.7 Å². The van der Waals surface area contributed by atoms with Crippen molar-refractivity contribution in [2.75, 3.05) is 24.5 Å². The van der Waals surface area contributed by atoms with E-state index >= 15 is 0 Å². The number of piperidine rings is 1. The summed E-state index contributed by atoms with van der Waals surface area (Å²) in [4.78, 5) is 18.0. The van der Waals surface area contributed by atoms with Crippen molar-refractivity contribution in [2.24, 2.45) is 17.4 Å². The van der Waals surface area contributed by atoms with E-state index in [1.807, 2.05) is 6.92 Å². The maximum Gasteiger partial charge on any atom is 0.248 e. The Morgan fingerprint density at radius 2 is 2.11 bits per heavy atom. The van der Waals surface area contributed by atoms with Gasteiger partial charge in [0.25, 0.3) is 0 Å². The molecule has 2 heterocycles. The Morgan fingerprint density at radius 3 is 2.68 bits per heavy atom. The third kappa shape index (κ3) is 3.44. The summed E-state index contributed by atoms with van der Waals surface area (Å²) in [7, 11) is 0. The summed E-state index contributed by atoms with van der Waals surface area (Å²) < 4.78 is 0. The zero-order chi connectivity index (χ0) is 13.8. The molecule has 0 aromatic carbocycles. The molecule has 0 aliphatic carbocycles. The molecule has 1 amide bonds. The topological polar surface area (TPSA) is 85.2 Å². The average molecular weight is 262 g/mol. The second kappa shape index (κ2) is 6.02. The van der Waals surface area contributed by atoms with Crippen molar-refractivity contribution in [3.8, 4) is 0 Å². The van der Waals surface area contributed by atoms with Gasteiger partial charge in [-0.25, -0.2) is 4.98 Å². The van der Waals surface area contributed by atoms with Gasteiger partial charge in [-0.3, -0.25) is 4.79 Å². The summed E-state index contributed by atoms with van der Waals surface area (Å²) in [5.74, 6) is 1.19. The van der Waals surface area contributed by atoms with Crippen LogP contribution in [-0.4, -0.2) is 30.5 Å². The number of nitrogens with two attached hydrogens (primary N) is 2. The highest BCUT2D eigenvalue weighted by molar-refractivity contribution is 5.93. The number of pyridine rings is 1. The molecule has 5 nitrogen and oxygen atoms in total. The lowest BCUT2D eigenvalue weighted by Crippen LogP contribution is -2.35. The molecule has 1 saturated heterocycles. The van der Waals surface area contributed by atoms with Gasteiger partial charge in [-0.1, -0.05) is 0 Å². The van der Waals surface area contributed by atoms with Crippen molar-refractivity contribution in [2.45, 2.75) is 26.2 Å². The zero-order valence-corrected chi connectivity index (χ0v) is 11.4. The number of amides is 1. The molecule has 1 aromatic rings. The molecule has 0 spiro atoms. The van der Waals surface area contributed by atoms with Gasteiger partial charge in [0.2, 0.25) is 5.91 Å². The largest absolute Gasteiger partial charge is 0.366 e. The first-order chi connectivity index (χ1) is 9.10. The molecule has 0 atom stereocenters. The molecule has 1 aliphatic rings. The van der Waals surface area contributed by atoms with Crippen LogP contribution in [0.15, 0.2) is 12.1 Å². The molecule has 0 unspecified atom stereocenters. The second-order valence-corrected chi connectivity index (χ2v) is 5.23. The van der Waals surface area contributed by atoms with Gasteiger partial charge in [0, 0.05) is 24.3 Å². The molecule has 1 aromatic heterocycles. The van der Waals surface area contributed by atoms with Crippen LogP contribution >= 0.6 is 0 Å². The van der Waals surface area contributed by atoms with Gasteiger partial charge in [-0.2, -0.15) is 0 Å². The first kappa shape index (κ1) is 13.8. The minimum absolute atomic E-state index is 0.398. The summed E-state index contributed by atoms with van der Waals surface area (Å²) in [5.41, 5.74) is 12.3. The maximum atomic E-state index is 11.3. The van der Waals surface area contributed by atoms with Crippen LogP contribution in [0.5, 0.6) is 0 Å². The lowest BCUT2D eigenvalue weighted by Gasteiger charge is -2.33. The molecule has 1 fully saturated rings. The highest BCUT2D eigenvalue weighted by atomic mass is 16.1. The Balaban J connectivity index is 2.09. The molecule has 19 heavy (non-hydrogen) atoms. The number of nitrogens with zero attached hydrogens (tertiary/aromatic N) is 2. The number of aromatic nitrogens is 1. The number of primary amides is 1. The van der Waals surface area contributed by atoms with Crippen LogP contribution in [0, 0.1) is 12.8 Å². The van der Waals surface area contributed by atoms with Crippen molar-refractivity contribution in [1.82, 2.24) is 4.98 Å². The molecule has 4 N–H and O–H groups in total. The van der Waals surface area contributed by atoms with Crippen LogP contribution in [0.2, 0.25) is 0 Å². The lowest BCUT2D eigenvalue weighted by atomic mass is 9.93. The molecule has 104 valence electrons. The average Bonchev–Trinajstić information content (AvgIpc) is 2.39. The molecule has 5 heteroatoms. The molecular weight excluding hydrogens is 240 g/mol. The summed E-state index contributed by atoms with van der Waals surface area (Å²) in [6.45, 7) is 4.59. The van der Waals surface area contributed by atoms with Gasteiger partial charge in [0.1, 0.15) is 5.82 Å². The lowest BCUT2D eigenvalue weighted by molar-refractivity contribution is 0.1000. The molecule has 0 saturated carbocycles. The summed E-state index contributed by atoms with van der Waals surface area (Å²) in [6, 6.07) is 3.52.